The number of amides is 2. The van der Waals surface area contributed by atoms with E-state index in [1.54, 1.807) is 25.3 Å². The van der Waals surface area contributed by atoms with Gasteiger partial charge in [0.2, 0.25) is 11.8 Å². The average molecular weight is 342 g/mol. The molecule has 0 saturated heterocycles. The van der Waals surface area contributed by atoms with Crippen LogP contribution in [-0.2, 0) is 9.59 Å². The number of benzene rings is 2. The highest BCUT2D eigenvalue weighted by molar-refractivity contribution is 5.96. The summed E-state index contributed by atoms with van der Waals surface area (Å²) >= 11 is 0. The summed E-state index contributed by atoms with van der Waals surface area (Å²) in [6, 6.07) is 14.4. The minimum Gasteiger partial charge on any atom is -0.497 e. The quantitative estimate of drug-likeness (QED) is 0.840. The molecule has 0 radical (unpaired) electrons. The van der Waals surface area contributed by atoms with E-state index in [4.69, 9.17) is 9.47 Å². The first-order valence-corrected chi connectivity index (χ1v) is 7.90. The summed E-state index contributed by atoms with van der Waals surface area (Å²) in [4.78, 5) is 25.7. The Kier molecular flexibility index (Phi) is 6.39. The molecule has 2 aromatic carbocycles. The summed E-state index contributed by atoms with van der Waals surface area (Å²) in [7, 11) is 3.09. The molecule has 132 valence electrons. The second-order valence-corrected chi connectivity index (χ2v) is 5.37. The van der Waals surface area contributed by atoms with Gasteiger partial charge >= 0.3 is 0 Å². The van der Waals surface area contributed by atoms with E-state index in [0.717, 1.165) is 5.69 Å². The van der Waals surface area contributed by atoms with Crippen LogP contribution in [0.1, 0.15) is 13.3 Å². The third-order valence-electron chi connectivity index (χ3n) is 3.68. The van der Waals surface area contributed by atoms with Crippen LogP contribution >= 0.6 is 0 Å². The smallest absolute Gasteiger partial charge is 0.226 e. The number of hydrogen-bond acceptors (Lipinski definition) is 4. The van der Waals surface area contributed by atoms with Crippen LogP contribution in [0.2, 0.25) is 0 Å². The number of ether oxygens (including phenoxy) is 2. The minimum atomic E-state index is -0.181. The van der Waals surface area contributed by atoms with E-state index >= 15 is 0 Å². The van der Waals surface area contributed by atoms with Crippen molar-refractivity contribution in [3.8, 4) is 11.5 Å². The van der Waals surface area contributed by atoms with Crippen molar-refractivity contribution in [1.29, 1.82) is 0 Å². The molecule has 0 aliphatic carbocycles. The Hall–Kier alpha value is -3.02. The highest BCUT2D eigenvalue weighted by Crippen LogP contribution is 2.32. The lowest BCUT2D eigenvalue weighted by Crippen LogP contribution is -2.32. The maximum absolute atomic E-state index is 12.1. The van der Waals surface area contributed by atoms with Crippen molar-refractivity contribution in [3.05, 3.63) is 48.5 Å². The number of rotatable bonds is 7. The normalized spacial score (nSPS) is 10.0. The summed E-state index contributed by atoms with van der Waals surface area (Å²) in [5.41, 5.74) is 1.29. The van der Waals surface area contributed by atoms with Gasteiger partial charge in [-0.15, -0.1) is 0 Å². The van der Waals surface area contributed by atoms with Crippen molar-refractivity contribution >= 4 is 23.2 Å². The second kappa shape index (κ2) is 8.73. The zero-order valence-electron chi connectivity index (χ0n) is 14.6. The molecule has 6 nitrogen and oxygen atoms in total. The van der Waals surface area contributed by atoms with Gasteiger partial charge in [-0.25, -0.2) is 0 Å². The van der Waals surface area contributed by atoms with Gasteiger partial charge in [-0.3, -0.25) is 9.59 Å². The Morgan fingerprint density at radius 2 is 1.76 bits per heavy atom. The molecule has 0 aliphatic rings. The number of carbonyl (C=O) groups is 2. The van der Waals surface area contributed by atoms with Crippen LogP contribution in [0.25, 0.3) is 0 Å². The minimum absolute atomic E-state index is 0.162. The van der Waals surface area contributed by atoms with Crippen LogP contribution in [-0.4, -0.2) is 32.6 Å². The number of nitrogens with one attached hydrogen (secondary N) is 1. The van der Waals surface area contributed by atoms with Gasteiger partial charge in [-0.1, -0.05) is 18.2 Å². The lowest BCUT2D eigenvalue weighted by Gasteiger charge is -2.23. The second-order valence-electron chi connectivity index (χ2n) is 5.37. The molecule has 0 aromatic heterocycles. The molecule has 1 N–H and O–H groups in total. The molecular formula is C19H22N2O4. The molecule has 2 amide bonds. The van der Waals surface area contributed by atoms with Crippen LogP contribution in [0.4, 0.5) is 11.4 Å². The molecule has 0 bridgehead atoms. The fraction of sp³-hybridized carbons (Fsp3) is 0.263. The molecule has 0 atom stereocenters. The predicted molar refractivity (Wildman–Crippen MR) is 97.3 cm³/mol. The van der Waals surface area contributed by atoms with Gasteiger partial charge in [0.15, 0.2) is 0 Å². The molecule has 0 aliphatic heterocycles. The van der Waals surface area contributed by atoms with Gasteiger partial charge in [-0.2, -0.15) is 0 Å². The number of nitrogens with zero attached hydrogens (tertiary/aromatic N) is 1. The molecule has 0 saturated carbocycles. The van der Waals surface area contributed by atoms with Crippen molar-refractivity contribution in [2.45, 2.75) is 13.3 Å². The SMILES string of the molecule is COc1ccc(OC)c(N(CCC(=O)Nc2ccccc2)C(C)=O)c1. The predicted octanol–water partition coefficient (Wildman–Crippen LogP) is 3.09. The third-order valence-corrected chi connectivity index (χ3v) is 3.68. The first-order valence-electron chi connectivity index (χ1n) is 7.90. The maximum Gasteiger partial charge on any atom is 0.226 e. The van der Waals surface area contributed by atoms with Crippen LogP contribution in [0.3, 0.4) is 0 Å². The molecule has 0 fully saturated rings. The largest absolute Gasteiger partial charge is 0.497 e. The highest BCUT2D eigenvalue weighted by Gasteiger charge is 2.18. The van der Waals surface area contributed by atoms with Crippen molar-refractivity contribution in [2.24, 2.45) is 0 Å². The number of methoxy groups -OCH3 is 2. The van der Waals surface area contributed by atoms with E-state index in [-0.39, 0.29) is 24.8 Å². The molecule has 2 rings (SSSR count). The lowest BCUT2D eigenvalue weighted by molar-refractivity contribution is -0.117. The van der Waals surface area contributed by atoms with E-state index in [9.17, 15) is 9.59 Å². The monoisotopic (exact) mass is 342 g/mol. The average Bonchev–Trinajstić information content (AvgIpc) is 2.62. The van der Waals surface area contributed by atoms with Gasteiger partial charge in [0.1, 0.15) is 11.5 Å². The summed E-state index contributed by atoms with van der Waals surface area (Å²) in [6.45, 7) is 1.69. The molecular weight excluding hydrogens is 320 g/mol. The van der Waals surface area contributed by atoms with Crippen molar-refractivity contribution < 1.29 is 19.1 Å². The lowest BCUT2D eigenvalue weighted by atomic mass is 10.2. The molecule has 0 unspecified atom stereocenters. The summed E-state index contributed by atoms with van der Waals surface area (Å²) in [5, 5.41) is 2.81. The van der Waals surface area contributed by atoms with Gasteiger partial charge in [0.05, 0.1) is 19.9 Å². The molecule has 0 heterocycles. The van der Waals surface area contributed by atoms with Crippen LogP contribution in [0, 0.1) is 0 Å². The number of hydrogen-bond donors (Lipinski definition) is 1. The summed E-state index contributed by atoms with van der Waals surface area (Å²) < 4.78 is 10.5. The number of carbonyl (C=O) groups excluding carboxylic acids is 2. The zero-order valence-corrected chi connectivity index (χ0v) is 14.6. The van der Waals surface area contributed by atoms with Gasteiger partial charge in [0.25, 0.3) is 0 Å². The van der Waals surface area contributed by atoms with E-state index in [2.05, 4.69) is 5.32 Å². The fourth-order valence-corrected chi connectivity index (χ4v) is 2.41. The van der Waals surface area contributed by atoms with Crippen molar-refractivity contribution in [1.82, 2.24) is 0 Å². The highest BCUT2D eigenvalue weighted by atomic mass is 16.5. The Morgan fingerprint density at radius 3 is 2.36 bits per heavy atom. The van der Waals surface area contributed by atoms with E-state index in [1.807, 2.05) is 30.3 Å². The van der Waals surface area contributed by atoms with E-state index in [0.29, 0.717) is 17.2 Å². The topological polar surface area (TPSA) is 67.9 Å². The van der Waals surface area contributed by atoms with Gasteiger partial charge in [-0.05, 0) is 24.3 Å². The van der Waals surface area contributed by atoms with Crippen molar-refractivity contribution in [3.63, 3.8) is 0 Å². The standard InChI is InChI=1S/C19H22N2O4/c1-14(22)21(17-13-16(24-2)9-10-18(17)25-3)12-11-19(23)20-15-7-5-4-6-8-15/h4-10,13H,11-12H2,1-3H3,(H,20,23). The molecule has 25 heavy (non-hydrogen) atoms. The molecule has 0 spiro atoms. The molecule has 2 aromatic rings. The summed E-state index contributed by atoms with van der Waals surface area (Å²) in [6.07, 6.45) is 0.162. The third kappa shape index (κ3) is 4.97. The van der Waals surface area contributed by atoms with E-state index in [1.165, 1.54) is 18.9 Å². The number of anilines is 2. The van der Waals surface area contributed by atoms with Crippen LogP contribution < -0.4 is 19.7 Å². The first-order chi connectivity index (χ1) is 12.0. The maximum atomic E-state index is 12.1. The Bertz CT molecular complexity index is 731. The molecule has 6 heteroatoms. The number of para-hydroxylation sites is 1. The Morgan fingerprint density at radius 1 is 1.04 bits per heavy atom. The van der Waals surface area contributed by atoms with Crippen LogP contribution in [0.5, 0.6) is 11.5 Å². The fourth-order valence-electron chi connectivity index (χ4n) is 2.41. The Labute approximate surface area is 147 Å². The van der Waals surface area contributed by atoms with Crippen LogP contribution in [0.15, 0.2) is 48.5 Å². The van der Waals surface area contributed by atoms with Crippen molar-refractivity contribution in [2.75, 3.05) is 31.0 Å². The van der Waals surface area contributed by atoms with Gasteiger partial charge < -0.3 is 19.7 Å². The summed E-state index contributed by atoms with van der Waals surface area (Å²) in [5.74, 6) is 0.800. The Balaban J connectivity index is 2.11. The van der Waals surface area contributed by atoms with Gasteiger partial charge in [0, 0.05) is 31.6 Å². The first kappa shape index (κ1) is 18.3. The zero-order chi connectivity index (χ0) is 18.2. The van der Waals surface area contributed by atoms with E-state index < -0.39 is 0 Å².